The summed E-state index contributed by atoms with van der Waals surface area (Å²) < 4.78 is 16.9. The highest BCUT2D eigenvalue weighted by Gasteiger charge is 2.17. The summed E-state index contributed by atoms with van der Waals surface area (Å²) in [6.45, 7) is 2.74. The summed E-state index contributed by atoms with van der Waals surface area (Å²) in [5.41, 5.74) is 0.826. The first kappa shape index (κ1) is 13.2. The number of aliphatic carboxylic acids is 1. The third-order valence-electron chi connectivity index (χ3n) is 2.55. The Kier molecular flexibility index (Phi) is 4.08. The molecule has 0 radical (unpaired) electrons. The van der Waals surface area contributed by atoms with Gasteiger partial charge in [-0.2, -0.15) is 0 Å². The van der Waals surface area contributed by atoms with Crippen molar-refractivity contribution >= 4 is 21.9 Å². The molecule has 0 amide bonds. The first-order chi connectivity index (χ1) is 8.58. The minimum atomic E-state index is -0.983. The van der Waals surface area contributed by atoms with Gasteiger partial charge in [-0.15, -0.1) is 0 Å². The van der Waals surface area contributed by atoms with Crippen LogP contribution in [0.3, 0.4) is 0 Å². The van der Waals surface area contributed by atoms with Crippen LogP contribution < -0.4 is 9.47 Å². The van der Waals surface area contributed by atoms with E-state index >= 15 is 0 Å². The molecule has 0 saturated heterocycles. The number of benzene rings is 1. The lowest BCUT2D eigenvalue weighted by Crippen LogP contribution is -2.20. The lowest BCUT2D eigenvalue weighted by Gasteiger charge is -2.20. The number of hydrogen-bond acceptors (Lipinski definition) is 4. The van der Waals surface area contributed by atoms with E-state index in [2.05, 4.69) is 15.9 Å². The Morgan fingerprint density at radius 2 is 2.06 bits per heavy atom. The molecule has 1 atom stereocenters. The van der Waals surface area contributed by atoms with Crippen molar-refractivity contribution in [2.75, 3.05) is 13.2 Å². The maximum Gasteiger partial charge on any atom is 0.332 e. The molecule has 2 rings (SSSR count). The van der Waals surface area contributed by atoms with Crippen LogP contribution in [-0.2, 0) is 16.1 Å². The maximum absolute atomic E-state index is 10.7. The minimum absolute atomic E-state index is 0.199. The van der Waals surface area contributed by atoms with Crippen molar-refractivity contribution in [2.45, 2.75) is 19.6 Å². The maximum atomic E-state index is 10.7. The van der Waals surface area contributed by atoms with Gasteiger partial charge in [-0.3, -0.25) is 0 Å². The largest absolute Gasteiger partial charge is 0.486 e. The summed E-state index contributed by atoms with van der Waals surface area (Å²) in [6.07, 6.45) is -0.842. The van der Waals surface area contributed by atoms with Gasteiger partial charge in [0.15, 0.2) is 17.6 Å². The lowest BCUT2D eigenvalue weighted by atomic mass is 10.2. The van der Waals surface area contributed by atoms with Gasteiger partial charge in [0.1, 0.15) is 13.2 Å². The predicted octanol–water partition coefficient (Wildman–Crippen LogP) is 2.21. The second-order valence-corrected chi connectivity index (χ2v) is 4.73. The van der Waals surface area contributed by atoms with Crippen molar-refractivity contribution in [3.8, 4) is 11.5 Å². The third-order valence-corrected chi connectivity index (χ3v) is 3.29. The summed E-state index contributed by atoms with van der Waals surface area (Å²) >= 11 is 3.40. The van der Waals surface area contributed by atoms with Crippen LogP contribution in [0.2, 0.25) is 0 Å². The van der Waals surface area contributed by atoms with Gasteiger partial charge in [0.2, 0.25) is 0 Å². The molecule has 18 heavy (non-hydrogen) atoms. The first-order valence-electron chi connectivity index (χ1n) is 5.50. The molecule has 1 aliphatic rings. The zero-order valence-corrected chi connectivity index (χ0v) is 11.4. The molecule has 0 spiro atoms. The summed E-state index contributed by atoms with van der Waals surface area (Å²) in [5.74, 6) is 0.359. The highest BCUT2D eigenvalue weighted by Crippen LogP contribution is 2.35. The fraction of sp³-hybridized carbons (Fsp3) is 0.417. The minimum Gasteiger partial charge on any atom is -0.486 e. The summed E-state index contributed by atoms with van der Waals surface area (Å²) in [6, 6.07) is 3.60. The molecule has 0 bridgehead atoms. The van der Waals surface area contributed by atoms with Gasteiger partial charge in [0.25, 0.3) is 0 Å². The highest BCUT2D eigenvalue weighted by atomic mass is 79.9. The molecule has 1 aromatic rings. The van der Waals surface area contributed by atoms with Crippen LogP contribution in [0.1, 0.15) is 12.5 Å². The quantitative estimate of drug-likeness (QED) is 0.922. The molecule has 0 fully saturated rings. The number of hydrogen-bond donors (Lipinski definition) is 1. The van der Waals surface area contributed by atoms with Crippen LogP contribution in [-0.4, -0.2) is 30.4 Å². The molecule has 1 aromatic carbocycles. The lowest BCUT2D eigenvalue weighted by molar-refractivity contribution is -0.149. The van der Waals surface area contributed by atoms with E-state index in [4.69, 9.17) is 19.3 Å². The number of carboxylic acid groups (broad SMARTS) is 1. The Bertz CT molecular complexity index is 460. The second-order valence-electron chi connectivity index (χ2n) is 3.88. The number of ether oxygens (including phenoxy) is 3. The van der Waals surface area contributed by atoms with Gasteiger partial charge in [0.05, 0.1) is 6.61 Å². The number of halogens is 1. The second kappa shape index (κ2) is 5.58. The highest BCUT2D eigenvalue weighted by molar-refractivity contribution is 9.10. The van der Waals surface area contributed by atoms with Crippen LogP contribution in [0, 0.1) is 0 Å². The van der Waals surface area contributed by atoms with E-state index in [1.807, 2.05) is 0 Å². The Labute approximate surface area is 113 Å². The Balaban J connectivity index is 2.11. The molecule has 0 aliphatic carbocycles. The monoisotopic (exact) mass is 316 g/mol. The van der Waals surface area contributed by atoms with E-state index < -0.39 is 12.1 Å². The van der Waals surface area contributed by atoms with Gasteiger partial charge in [-0.25, -0.2) is 4.79 Å². The van der Waals surface area contributed by atoms with E-state index in [1.54, 1.807) is 12.1 Å². The topological polar surface area (TPSA) is 65.0 Å². The molecular formula is C12H13BrO5. The molecule has 6 heteroatoms. The van der Waals surface area contributed by atoms with Crippen LogP contribution in [0.5, 0.6) is 11.5 Å². The van der Waals surface area contributed by atoms with Crippen molar-refractivity contribution in [2.24, 2.45) is 0 Å². The molecule has 0 unspecified atom stereocenters. The predicted molar refractivity (Wildman–Crippen MR) is 67.0 cm³/mol. The molecule has 1 N–H and O–H groups in total. The van der Waals surface area contributed by atoms with Gasteiger partial charge < -0.3 is 19.3 Å². The molecule has 1 heterocycles. The Hall–Kier alpha value is -1.27. The fourth-order valence-electron chi connectivity index (χ4n) is 1.50. The Morgan fingerprint density at radius 3 is 2.67 bits per heavy atom. The number of carboxylic acids is 1. The van der Waals surface area contributed by atoms with Crippen LogP contribution in [0.15, 0.2) is 16.6 Å². The first-order valence-corrected chi connectivity index (χ1v) is 6.29. The van der Waals surface area contributed by atoms with E-state index in [-0.39, 0.29) is 6.61 Å². The zero-order valence-electron chi connectivity index (χ0n) is 9.81. The zero-order chi connectivity index (χ0) is 13.1. The third kappa shape index (κ3) is 2.94. The SMILES string of the molecule is C[C@@H](OCc1cc2c(cc1Br)OCCO2)C(=O)O. The van der Waals surface area contributed by atoms with E-state index in [9.17, 15) is 4.79 Å². The van der Waals surface area contributed by atoms with Gasteiger partial charge >= 0.3 is 5.97 Å². The average Bonchev–Trinajstić information content (AvgIpc) is 2.35. The molecule has 98 valence electrons. The fourth-order valence-corrected chi connectivity index (χ4v) is 1.94. The van der Waals surface area contributed by atoms with Gasteiger partial charge in [-0.05, 0) is 24.6 Å². The number of fused-ring (bicyclic) bond motifs is 1. The standard InChI is InChI=1S/C12H13BrO5/c1-7(12(14)15)18-6-8-4-10-11(5-9(8)13)17-3-2-16-10/h4-5,7H,2-3,6H2,1H3,(H,14,15)/t7-/m1/s1. The van der Waals surface area contributed by atoms with Gasteiger partial charge in [-0.1, -0.05) is 15.9 Å². The van der Waals surface area contributed by atoms with Crippen LogP contribution in [0.4, 0.5) is 0 Å². The van der Waals surface area contributed by atoms with Gasteiger partial charge in [0, 0.05) is 4.47 Å². The van der Waals surface area contributed by atoms with Crippen molar-refractivity contribution in [3.63, 3.8) is 0 Å². The molecule has 5 nitrogen and oxygen atoms in total. The average molecular weight is 317 g/mol. The summed E-state index contributed by atoms with van der Waals surface area (Å²) in [4.78, 5) is 10.7. The molecular weight excluding hydrogens is 304 g/mol. The smallest absolute Gasteiger partial charge is 0.332 e. The van der Waals surface area contributed by atoms with Crippen molar-refractivity contribution in [3.05, 3.63) is 22.2 Å². The van der Waals surface area contributed by atoms with Crippen molar-refractivity contribution in [1.29, 1.82) is 0 Å². The normalized spacial score (nSPS) is 15.2. The molecule has 0 aromatic heterocycles. The van der Waals surface area contributed by atoms with Crippen molar-refractivity contribution < 1.29 is 24.1 Å². The number of carbonyl (C=O) groups is 1. The van der Waals surface area contributed by atoms with Crippen LogP contribution in [0.25, 0.3) is 0 Å². The molecule has 0 saturated carbocycles. The molecule has 1 aliphatic heterocycles. The summed E-state index contributed by atoms with van der Waals surface area (Å²) in [5, 5.41) is 8.74. The van der Waals surface area contributed by atoms with E-state index in [0.29, 0.717) is 24.7 Å². The van der Waals surface area contributed by atoms with E-state index in [1.165, 1.54) is 6.92 Å². The van der Waals surface area contributed by atoms with Crippen LogP contribution >= 0.6 is 15.9 Å². The number of rotatable bonds is 4. The summed E-state index contributed by atoms with van der Waals surface area (Å²) in [7, 11) is 0. The Morgan fingerprint density at radius 1 is 1.44 bits per heavy atom. The van der Waals surface area contributed by atoms with E-state index in [0.717, 1.165) is 10.0 Å². The van der Waals surface area contributed by atoms with Crippen molar-refractivity contribution in [1.82, 2.24) is 0 Å².